The van der Waals surface area contributed by atoms with E-state index in [0.29, 0.717) is 12.6 Å². The lowest BCUT2D eigenvalue weighted by Gasteiger charge is -2.38. The molecular weight excluding hydrogens is 238 g/mol. The lowest BCUT2D eigenvalue weighted by molar-refractivity contribution is -0.149. The third-order valence-corrected chi connectivity index (χ3v) is 4.93. The van der Waals surface area contributed by atoms with Crippen LogP contribution in [0, 0.1) is 11.3 Å². The quantitative estimate of drug-likeness (QED) is 0.764. The monoisotopic (exact) mass is 269 g/mol. The molecule has 1 aliphatic carbocycles. The Bertz CT molecular complexity index is 284. The lowest BCUT2D eigenvalue weighted by atomic mass is 9.81. The summed E-state index contributed by atoms with van der Waals surface area (Å²) < 4.78 is 0. The Balaban J connectivity index is 2.53. The van der Waals surface area contributed by atoms with Gasteiger partial charge in [-0.15, -0.1) is 0 Å². The highest BCUT2D eigenvalue weighted by atomic mass is 16.4. The van der Waals surface area contributed by atoms with Gasteiger partial charge in [0.25, 0.3) is 0 Å². The molecule has 1 saturated carbocycles. The van der Waals surface area contributed by atoms with Gasteiger partial charge in [0.15, 0.2) is 0 Å². The summed E-state index contributed by atoms with van der Waals surface area (Å²) in [5, 5.41) is 9.46. The fourth-order valence-electron chi connectivity index (χ4n) is 3.48. The van der Waals surface area contributed by atoms with Gasteiger partial charge < -0.3 is 10.0 Å². The molecule has 1 atom stereocenters. The average molecular weight is 269 g/mol. The number of carboxylic acid groups (broad SMARTS) is 1. The van der Waals surface area contributed by atoms with Crippen molar-refractivity contribution in [3.05, 3.63) is 0 Å². The van der Waals surface area contributed by atoms with Crippen LogP contribution in [0.5, 0.6) is 0 Å². The topological polar surface area (TPSA) is 40.5 Å². The summed E-state index contributed by atoms with van der Waals surface area (Å²) in [5.74, 6) is 0.245. The van der Waals surface area contributed by atoms with E-state index in [1.165, 1.54) is 32.1 Å². The van der Waals surface area contributed by atoms with Gasteiger partial charge in [0, 0.05) is 12.6 Å². The van der Waals surface area contributed by atoms with Gasteiger partial charge in [0.05, 0.1) is 5.41 Å². The van der Waals surface area contributed by atoms with Crippen LogP contribution in [0.4, 0.5) is 0 Å². The molecule has 0 saturated heterocycles. The number of carboxylic acids is 1. The zero-order valence-electron chi connectivity index (χ0n) is 13.1. The molecule has 0 radical (unpaired) electrons. The van der Waals surface area contributed by atoms with Crippen LogP contribution in [0.15, 0.2) is 0 Å². The van der Waals surface area contributed by atoms with E-state index in [0.717, 1.165) is 18.8 Å². The van der Waals surface area contributed by atoms with E-state index < -0.39 is 11.4 Å². The maximum Gasteiger partial charge on any atom is 0.310 e. The molecule has 0 aromatic rings. The van der Waals surface area contributed by atoms with Crippen molar-refractivity contribution < 1.29 is 9.90 Å². The van der Waals surface area contributed by atoms with Gasteiger partial charge in [-0.05, 0) is 52.0 Å². The minimum atomic E-state index is -0.650. The molecule has 3 nitrogen and oxygen atoms in total. The van der Waals surface area contributed by atoms with E-state index in [2.05, 4.69) is 25.8 Å². The fourth-order valence-corrected chi connectivity index (χ4v) is 3.48. The Labute approximate surface area is 118 Å². The summed E-state index contributed by atoms with van der Waals surface area (Å²) in [4.78, 5) is 13.8. The second-order valence-electron chi connectivity index (χ2n) is 6.61. The molecule has 19 heavy (non-hydrogen) atoms. The molecule has 1 rings (SSSR count). The molecule has 1 fully saturated rings. The van der Waals surface area contributed by atoms with Gasteiger partial charge in [-0.2, -0.15) is 0 Å². The van der Waals surface area contributed by atoms with E-state index in [9.17, 15) is 9.90 Å². The Kier molecular flexibility index (Phi) is 6.31. The minimum absolute atomic E-state index is 0.582. The highest BCUT2D eigenvalue weighted by Gasteiger charge is 2.35. The first-order valence-corrected chi connectivity index (χ1v) is 7.86. The van der Waals surface area contributed by atoms with Crippen molar-refractivity contribution in [2.24, 2.45) is 11.3 Å². The summed E-state index contributed by atoms with van der Waals surface area (Å²) >= 11 is 0. The smallest absolute Gasteiger partial charge is 0.310 e. The van der Waals surface area contributed by atoms with Crippen LogP contribution in [0.2, 0.25) is 0 Å². The van der Waals surface area contributed by atoms with Crippen molar-refractivity contribution in [1.29, 1.82) is 0 Å². The molecule has 0 aromatic heterocycles. The third-order valence-electron chi connectivity index (χ3n) is 4.93. The van der Waals surface area contributed by atoms with Crippen LogP contribution in [-0.4, -0.2) is 35.6 Å². The van der Waals surface area contributed by atoms with Crippen molar-refractivity contribution in [3.8, 4) is 0 Å². The van der Waals surface area contributed by atoms with E-state index in [1.54, 1.807) is 0 Å². The Morgan fingerprint density at radius 3 is 2.26 bits per heavy atom. The van der Waals surface area contributed by atoms with Crippen LogP contribution in [0.3, 0.4) is 0 Å². The zero-order chi connectivity index (χ0) is 14.5. The third kappa shape index (κ3) is 4.48. The Hall–Kier alpha value is -0.570. The summed E-state index contributed by atoms with van der Waals surface area (Å²) in [6, 6.07) is 0.582. The molecule has 112 valence electrons. The SMILES string of the molecule is CCCC(C)(CN(C)C1CCC(CC)CC1)C(=O)O. The van der Waals surface area contributed by atoms with Gasteiger partial charge in [0.2, 0.25) is 0 Å². The maximum atomic E-state index is 11.5. The van der Waals surface area contributed by atoms with E-state index in [4.69, 9.17) is 0 Å². The average Bonchev–Trinajstić information content (AvgIpc) is 2.38. The number of hydrogen-bond acceptors (Lipinski definition) is 2. The lowest BCUT2D eigenvalue weighted by Crippen LogP contribution is -2.45. The first-order valence-electron chi connectivity index (χ1n) is 7.86. The van der Waals surface area contributed by atoms with Crippen LogP contribution in [-0.2, 0) is 4.79 Å². The highest BCUT2D eigenvalue weighted by molar-refractivity contribution is 5.74. The molecule has 1 aliphatic rings. The number of nitrogens with zero attached hydrogens (tertiary/aromatic N) is 1. The van der Waals surface area contributed by atoms with Crippen LogP contribution >= 0.6 is 0 Å². The van der Waals surface area contributed by atoms with E-state index in [1.807, 2.05) is 6.92 Å². The first-order chi connectivity index (χ1) is 8.92. The highest BCUT2D eigenvalue weighted by Crippen LogP contribution is 2.32. The minimum Gasteiger partial charge on any atom is -0.481 e. The second-order valence-corrected chi connectivity index (χ2v) is 6.61. The van der Waals surface area contributed by atoms with Gasteiger partial charge in [-0.25, -0.2) is 0 Å². The standard InChI is InChI=1S/C16H31NO2/c1-5-11-16(3,15(18)19)12-17(4)14-9-7-13(6-2)8-10-14/h13-14H,5-12H2,1-4H3,(H,18,19). The zero-order valence-corrected chi connectivity index (χ0v) is 13.1. The molecule has 0 aromatic carbocycles. The van der Waals surface area contributed by atoms with E-state index >= 15 is 0 Å². The van der Waals surface area contributed by atoms with Crippen LogP contribution < -0.4 is 0 Å². The molecule has 0 bridgehead atoms. The van der Waals surface area contributed by atoms with Crippen molar-refractivity contribution >= 4 is 5.97 Å². The van der Waals surface area contributed by atoms with Gasteiger partial charge in [0.1, 0.15) is 0 Å². The molecule has 0 amide bonds. The van der Waals surface area contributed by atoms with Gasteiger partial charge in [-0.3, -0.25) is 4.79 Å². The van der Waals surface area contributed by atoms with Crippen LogP contribution in [0.1, 0.15) is 65.7 Å². The number of aliphatic carboxylic acids is 1. The molecule has 1 N–H and O–H groups in total. The fraction of sp³-hybridized carbons (Fsp3) is 0.938. The predicted octanol–water partition coefficient (Wildman–Crippen LogP) is 3.78. The molecule has 0 aliphatic heterocycles. The Morgan fingerprint density at radius 1 is 1.26 bits per heavy atom. The van der Waals surface area contributed by atoms with Gasteiger partial charge in [-0.1, -0.05) is 26.7 Å². The summed E-state index contributed by atoms with van der Waals surface area (Å²) in [7, 11) is 2.10. The summed E-state index contributed by atoms with van der Waals surface area (Å²) in [6.45, 7) is 6.91. The summed E-state index contributed by atoms with van der Waals surface area (Å²) in [5.41, 5.74) is -0.592. The van der Waals surface area contributed by atoms with E-state index in [-0.39, 0.29) is 0 Å². The number of hydrogen-bond donors (Lipinski definition) is 1. The van der Waals surface area contributed by atoms with Crippen molar-refractivity contribution in [2.45, 2.75) is 71.8 Å². The maximum absolute atomic E-state index is 11.5. The van der Waals surface area contributed by atoms with Gasteiger partial charge >= 0.3 is 5.97 Å². The number of rotatable bonds is 7. The summed E-state index contributed by atoms with van der Waals surface area (Å²) in [6.07, 6.45) is 8.06. The molecule has 0 heterocycles. The second kappa shape index (κ2) is 7.28. The Morgan fingerprint density at radius 2 is 1.84 bits per heavy atom. The largest absolute Gasteiger partial charge is 0.481 e. The normalized spacial score (nSPS) is 27.2. The molecule has 1 unspecified atom stereocenters. The number of carbonyl (C=O) groups is 1. The molecule has 0 spiro atoms. The van der Waals surface area contributed by atoms with Crippen molar-refractivity contribution in [1.82, 2.24) is 4.90 Å². The van der Waals surface area contributed by atoms with Crippen molar-refractivity contribution in [2.75, 3.05) is 13.6 Å². The predicted molar refractivity (Wildman–Crippen MR) is 79.3 cm³/mol. The molecule has 3 heteroatoms. The first kappa shape index (κ1) is 16.5. The van der Waals surface area contributed by atoms with Crippen molar-refractivity contribution in [3.63, 3.8) is 0 Å². The van der Waals surface area contributed by atoms with Crippen LogP contribution in [0.25, 0.3) is 0 Å². The molecular formula is C16H31NO2.